The predicted octanol–water partition coefficient (Wildman–Crippen LogP) is -0.488. The molecule has 1 amide bonds. The molecule has 0 spiro atoms. The fourth-order valence-corrected chi connectivity index (χ4v) is 2.87. The highest BCUT2D eigenvalue weighted by molar-refractivity contribution is 5.90. The van der Waals surface area contributed by atoms with Crippen LogP contribution in [0.4, 0.5) is 0 Å². The van der Waals surface area contributed by atoms with E-state index in [4.69, 9.17) is 5.11 Å². The molecule has 0 bridgehead atoms. The largest absolute Gasteiger partial charge is 0.480 e. The molecule has 2 aromatic rings. The van der Waals surface area contributed by atoms with Crippen LogP contribution in [0.3, 0.4) is 0 Å². The van der Waals surface area contributed by atoms with Gasteiger partial charge in [0.05, 0.1) is 23.6 Å². The highest BCUT2D eigenvalue weighted by atomic mass is 16.4. The zero-order valence-electron chi connectivity index (χ0n) is 12.1. The van der Waals surface area contributed by atoms with Crippen LogP contribution < -0.4 is 5.56 Å². The molecule has 23 heavy (non-hydrogen) atoms. The number of aliphatic carboxylic acids is 1. The minimum absolute atomic E-state index is 0.0148. The summed E-state index contributed by atoms with van der Waals surface area (Å²) in [5.74, 6) is -1.59. The summed E-state index contributed by atoms with van der Waals surface area (Å²) >= 11 is 0. The van der Waals surface area contributed by atoms with Crippen molar-refractivity contribution in [1.29, 1.82) is 0 Å². The minimum Gasteiger partial charge on any atom is -0.480 e. The molecule has 0 unspecified atom stereocenters. The SMILES string of the molecule is O=C(O)[C@@H]1C[C@@H](O)CN1C(=O)Cc1n[nH]c(=O)c2ccccc12. The number of aliphatic hydroxyl groups excluding tert-OH is 1. The zero-order chi connectivity index (χ0) is 16.6. The first-order valence-corrected chi connectivity index (χ1v) is 7.14. The van der Waals surface area contributed by atoms with Gasteiger partial charge >= 0.3 is 5.97 Å². The Balaban J connectivity index is 1.90. The maximum Gasteiger partial charge on any atom is 0.326 e. The monoisotopic (exact) mass is 317 g/mol. The Morgan fingerprint density at radius 3 is 2.70 bits per heavy atom. The average molecular weight is 317 g/mol. The second-order valence-electron chi connectivity index (χ2n) is 5.51. The van der Waals surface area contributed by atoms with Crippen molar-refractivity contribution < 1.29 is 19.8 Å². The molecule has 1 aromatic heterocycles. The Morgan fingerprint density at radius 1 is 1.30 bits per heavy atom. The molecule has 3 N–H and O–H groups in total. The zero-order valence-corrected chi connectivity index (χ0v) is 12.1. The molecule has 1 fully saturated rings. The summed E-state index contributed by atoms with van der Waals surface area (Å²) in [4.78, 5) is 36.5. The molecule has 1 aliphatic heterocycles. The van der Waals surface area contributed by atoms with Crippen molar-refractivity contribution >= 4 is 22.6 Å². The first kappa shape index (κ1) is 15.2. The molecule has 0 radical (unpaired) electrons. The summed E-state index contributed by atoms with van der Waals surface area (Å²) in [6, 6.07) is 5.72. The number of hydrogen-bond donors (Lipinski definition) is 3. The van der Waals surface area contributed by atoms with Crippen LogP contribution in [-0.4, -0.2) is 55.9 Å². The molecule has 8 heteroatoms. The first-order chi connectivity index (χ1) is 11.0. The van der Waals surface area contributed by atoms with Gasteiger partial charge in [0.1, 0.15) is 6.04 Å². The lowest BCUT2D eigenvalue weighted by molar-refractivity contribution is -0.148. The summed E-state index contributed by atoms with van der Waals surface area (Å²) in [6.07, 6.45) is -0.977. The summed E-state index contributed by atoms with van der Waals surface area (Å²) in [7, 11) is 0. The standard InChI is InChI=1S/C15H15N3O5/c19-8-5-12(15(22)23)18(7-8)13(20)6-11-9-3-1-2-4-10(9)14(21)17-16-11/h1-4,8,12,19H,5-7H2,(H,17,21)(H,22,23)/t8-,12+/m1/s1. The molecule has 1 aromatic carbocycles. The molecular weight excluding hydrogens is 302 g/mol. The van der Waals surface area contributed by atoms with E-state index in [2.05, 4.69) is 10.2 Å². The number of H-pyrrole nitrogens is 1. The summed E-state index contributed by atoms with van der Waals surface area (Å²) in [6.45, 7) is -0.0168. The number of nitrogens with zero attached hydrogens (tertiary/aromatic N) is 2. The van der Waals surface area contributed by atoms with Crippen LogP contribution in [0.15, 0.2) is 29.1 Å². The van der Waals surface area contributed by atoms with Crippen LogP contribution in [0.25, 0.3) is 10.8 Å². The van der Waals surface area contributed by atoms with Gasteiger partial charge in [0, 0.05) is 18.4 Å². The second kappa shape index (κ2) is 5.81. The quantitative estimate of drug-likeness (QED) is 0.702. The number of benzene rings is 1. The Bertz CT molecular complexity index is 831. The fraction of sp³-hybridized carbons (Fsp3) is 0.333. The van der Waals surface area contributed by atoms with Gasteiger partial charge in [0.2, 0.25) is 5.91 Å². The molecule has 0 saturated carbocycles. The fourth-order valence-electron chi connectivity index (χ4n) is 2.87. The number of aromatic nitrogens is 2. The molecule has 8 nitrogen and oxygen atoms in total. The van der Waals surface area contributed by atoms with Crippen molar-refractivity contribution in [2.45, 2.75) is 25.0 Å². The summed E-state index contributed by atoms with van der Waals surface area (Å²) in [5.41, 5.74) is 0.0209. The number of fused-ring (bicyclic) bond motifs is 1. The van der Waals surface area contributed by atoms with E-state index in [1.807, 2.05) is 0 Å². The van der Waals surface area contributed by atoms with E-state index in [9.17, 15) is 19.5 Å². The number of aromatic amines is 1. The number of hydrogen-bond acceptors (Lipinski definition) is 5. The molecule has 0 aliphatic carbocycles. The van der Waals surface area contributed by atoms with Crippen LogP contribution in [-0.2, 0) is 16.0 Å². The van der Waals surface area contributed by atoms with Crippen LogP contribution in [0.5, 0.6) is 0 Å². The topological polar surface area (TPSA) is 124 Å². The Labute approximate surface area is 130 Å². The highest BCUT2D eigenvalue weighted by Gasteiger charge is 2.38. The van der Waals surface area contributed by atoms with E-state index in [1.54, 1.807) is 24.3 Å². The second-order valence-corrected chi connectivity index (χ2v) is 5.51. The van der Waals surface area contributed by atoms with Gasteiger partial charge in [-0.25, -0.2) is 9.89 Å². The molecular formula is C15H15N3O5. The third-order valence-corrected chi connectivity index (χ3v) is 3.98. The third-order valence-electron chi connectivity index (χ3n) is 3.98. The van der Waals surface area contributed by atoms with Crippen LogP contribution in [0.1, 0.15) is 12.1 Å². The third kappa shape index (κ3) is 2.80. The van der Waals surface area contributed by atoms with Crippen LogP contribution >= 0.6 is 0 Å². The maximum absolute atomic E-state index is 12.4. The van der Waals surface area contributed by atoms with E-state index in [0.29, 0.717) is 16.5 Å². The van der Waals surface area contributed by atoms with Crippen molar-refractivity contribution in [2.24, 2.45) is 0 Å². The molecule has 2 heterocycles. The predicted molar refractivity (Wildman–Crippen MR) is 79.8 cm³/mol. The van der Waals surface area contributed by atoms with Gasteiger partial charge in [0.15, 0.2) is 0 Å². The molecule has 3 rings (SSSR count). The van der Waals surface area contributed by atoms with Gasteiger partial charge in [-0.05, 0) is 6.07 Å². The number of carboxylic acid groups (broad SMARTS) is 1. The number of likely N-dealkylation sites (tertiary alicyclic amines) is 1. The smallest absolute Gasteiger partial charge is 0.326 e. The van der Waals surface area contributed by atoms with Gasteiger partial charge in [-0.2, -0.15) is 5.10 Å². The first-order valence-electron chi connectivity index (χ1n) is 7.14. The van der Waals surface area contributed by atoms with E-state index < -0.39 is 24.0 Å². The number of nitrogens with one attached hydrogen (secondary N) is 1. The number of β-amino-alcohol motifs (C(OH)–C–C–N with tert-alkyl or cyclic N) is 1. The maximum atomic E-state index is 12.4. The van der Waals surface area contributed by atoms with Crippen molar-refractivity contribution in [2.75, 3.05) is 6.54 Å². The van der Waals surface area contributed by atoms with E-state index >= 15 is 0 Å². The normalized spacial score (nSPS) is 20.8. The van der Waals surface area contributed by atoms with Crippen LogP contribution in [0.2, 0.25) is 0 Å². The number of carboxylic acids is 1. The summed E-state index contributed by atoms with van der Waals surface area (Å²) in [5, 5.41) is 26.0. The van der Waals surface area contributed by atoms with Gasteiger partial charge in [-0.3, -0.25) is 9.59 Å². The lowest BCUT2D eigenvalue weighted by Crippen LogP contribution is -2.41. The van der Waals surface area contributed by atoms with Gasteiger partial charge in [-0.15, -0.1) is 0 Å². The van der Waals surface area contributed by atoms with Crippen molar-refractivity contribution in [3.63, 3.8) is 0 Å². The number of amides is 1. The van der Waals surface area contributed by atoms with E-state index in [0.717, 1.165) is 4.90 Å². The van der Waals surface area contributed by atoms with Gasteiger partial charge < -0.3 is 15.1 Å². The lowest BCUT2D eigenvalue weighted by atomic mass is 10.1. The average Bonchev–Trinajstić information content (AvgIpc) is 2.93. The Morgan fingerprint density at radius 2 is 2.00 bits per heavy atom. The Hall–Kier alpha value is -2.74. The minimum atomic E-state index is -1.14. The number of carbonyl (C=O) groups is 2. The molecule has 120 valence electrons. The number of carbonyl (C=O) groups excluding carboxylic acids is 1. The Kier molecular flexibility index (Phi) is 3.83. The van der Waals surface area contributed by atoms with Crippen LogP contribution in [0, 0.1) is 0 Å². The van der Waals surface area contributed by atoms with E-state index in [-0.39, 0.29) is 24.9 Å². The lowest BCUT2D eigenvalue weighted by Gasteiger charge is -2.21. The van der Waals surface area contributed by atoms with Crippen molar-refractivity contribution in [3.05, 3.63) is 40.3 Å². The van der Waals surface area contributed by atoms with E-state index in [1.165, 1.54) is 0 Å². The number of aliphatic hydroxyl groups is 1. The van der Waals surface area contributed by atoms with Crippen molar-refractivity contribution in [3.8, 4) is 0 Å². The van der Waals surface area contributed by atoms with Crippen molar-refractivity contribution in [1.82, 2.24) is 15.1 Å². The highest BCUT2D eigenvalue weighted by Crippen LogP contribution is 2.20. The van der Waals surface area contributed by atoms with Gasteiger partial charge in [-0.1, -0.05) is 18.2 Å². The number of rotatable bonds is 3. The molecule has 1 saturated heterocycles. The van der Waals surface area contributed by atoms with Gasteiger partial charge in [0.25, 0.3) is 5.56 Å². The summed E-state index contributed by atoms with van der Waals surface area (Å²) < 4.78 is 0. The molecule has 2 atom stereocenters. The molecule has 1 aliphatic rings.